The van der Waals surface area contributed by atoms with Gasteiger partial charge in [-0.15, -0.1) is 0 Å². The summed E-state index contributed by atoms with van der Waals surface area (Å²) in [5.41, 5.74) is 5.74. The second kappa shape index (κ2) is 5.76. The lowest BCUT2D eigenvalue weighted by molar-refractivity contribution is 0.366. The summed E-state index contributed by atoms with van der Waals surface area (Å²) < 4.78 is 11.5. The Morgan fingerprint density at radius 3 is 2.31 bits per heavy atom. The highest BCUT2D eigenvalue weighted by Gasteiger charge is 2.16. The third-order valence-electron chi connectivity index (χ3n) is 2.08. The molecule has 0 radical (unpaired) electrons. The van der Waals surface area contributed by atoms with E-state index in [4.69, 9.17) is 5.73 Å². The fraction of sp³-hybridized carbons (Fsp3) is 1.00. The smallest absolute Gasteiger partial charge is 0.0257 e. The normalized spacial score (nSPS) is 14.9. The molecule has 0 aromatic heterocycles. The van der Waals surface area contributed by atoms with Crippen LogP contribution in [0, 0.1) is 11.3 Å². The van der Waals surface area contributed by atoms with Gasteiger partial charge in [0.25, 0.3) is 0 Å². The molecule has 2 nitrogen and oxygen atoms in total. The predicted molar refractivity (Wildman–Crippen MR) is 60.2 cm³/mol. The van der Waals surface area contributed by atoms with E-state index in [1.54, 1.807) is 0 Å². The van der Waals surface area contributed by atoms with E-state index in [0.29, 0.717) is 12.5 Å². The van der Waals surface area contributed by atoms with Crippen LogP contribution in [-0.2, 0) is 10.8 Å². The van der Waals surface area contributed by atoms with Gasteiger partial charge in [-0.05, 0) is 24.3 Å². The van der Waals surface area contributed by atoms with E-state index in [9.17, 15) is 4.21 Å². The van der Waals surface area contributed by atoms with E-state index in [-0.39, 0.29) is 5.41 Å². The molecule has 0 aromatic carbocycles. The zero-order chi connectivity index (χ0) is 10.5. The first-order chi connectivity index (χ1) is 5.87. The van der Waals surface area contributed by atoms with Crippen LogP contribution in [0.3, 0.4) is 0 Å². The van der Waals surface area contributed by atoms with E-state index in [1.165, 1.54) is 0 Å². The summed E-state index contributed by atoms with van der Waals surface area (Å²) in [4.78, 5) is 0. The number of hydrogen-bond donors (Lipinski definition) is 1. The molecule has 13 heavy (non-hydrogen) atoms. The van der Waals surface area contributed by atoms with Gasteiger partial charge in [-0.3, -0.25) is 4.21 Å². The van der Waals surface area contributed by atoms with Crippen LogP contribution in [0.4, 0.5) is 0 Å². The van der Waals surface area contributed by atoms with Crippen molar-refractivity contribution in [3.63, 3.8) is 0 Å². The van der Waals surface area contributed by atoms with Gasteiger partial charge in [-0.1, -0.05) is 27.7 Å². The molecule has 0 aliphatic rings. The molecule has 0 saturated carbocycles. The van der Waals surface area contributed by atoms with Crippen molar-refractivity contribution in [2.45, 2.75) is 34.1 Å². The highest BCUT2D eigenvalue weighted by atomic mass is 32.2. The standard InChI is InChI=1S/C10H23NOS/c1-9(2)7-13(12)6-5-10(3,4)8-11/h9H,5-8,11H2,1-4H3. The van der Waals surface area contributed by atoms with Crippen molar-refractivity contribution < 1.29 is 4.21 Å². The number of hydrogen-bond acceptors (Lipinski definition) is 2. The number of rotatable bonds is 6. The highest BCUT2D eigenvalue weighted by molar-refractivity contribution is 7.84. The van der Waals surface area contributed by atoms with E-state index in [2.05, 4.69) is 27.7 Å². The van der Waals surface area contributed by atoms with Crippen molar-refractivity contribution >= 4 is 10.8 Å². The monoisotopic (exact) mass is 205 g/mol. The first-order valence-electron chi connectivity index (χ1n) is 4.92. The van der Waals surface area contributed by atoms with Crippen LogP contribution < -0.4 is 5.73 Å². The summed E-state index contributed by atoms with van der Waals surface area (Å²) in [6.45, 7) is 9.13. The molecule has 3 heteroatoms. The minimum absolute atomic E-state index is 0.145. The molecule has 0 aliphatic carbocycles. The Morgan fingerprint density at radius 1 is 1.38 bits per heavy atom. The summed E-state index contributed by atoms with van der Waals surface area (Å²) in [7, 11) is -0.654. The Morgan fingerprint density at radius 2 is 1.92 bits per heavy atom. The zero-order valence-corrected chi connectivity index (χ0v) is 10.1. The van der Waals surface area contributed by atoms with E-state index in [1.807, 2.05) is 0 Å². The third kappa shape index (κ3) is 7.20. The second-order valence-electron chi connectivity index (χ2n) is 4.82. The van der Waals surface area contributed by atoms with E-state index < -0.39 is 10.8 Å². The lowest BCUT2D eigenvalue weighted by Crippen LogP contribution is -2.26. The van der Waals surface area contributed by atoms with Gasteiger partial charge < -0.3 is 5.73 Å². The molecule has 1 unspecified atom stereocenters. The van der Waals surface area contributed by atoms with Crippen molar-refractivity contribution in [3.05, 3.63) is 0 Å². The van der Waals surface area contributed by atoms with Gasteiger partial charge in [0, 0.05) is 22.3 Å². The minimum Gasteiger partial charge on any atom is -0.330 e. The molecule has 2 N–H and O–H groups in total. The molecule has 0 fully saturated rings. The first-order valence-corrected chi connectivity index (χ1v) is 6.41. The van der Waals surface area contributed by atoms with Gasteiger partial charge in [0.2, 0.25) is 0 Å². The lowest BCUT2D eigenvalue weighted by Gasteiger charge is -2.21. The third-order valence-corrected chi connectivity index (χ3v) is 3.78. The van der Waals surface area contributed by atoms with E-state index >= 15 is 0 Å². The molecular weight excluding hydrogens is 182 g/mol. The van der Waals surface area contributed by atoms with Crippen molar-refractivity contribution in [3.8, 4) is 0 Å². The van der Waals surface area contributed by atoms with Gasteiger partial charge in [0.1, 0.15) is 0 Å². The van der Waals surface area contributed by atoms with Crippen molar-refractivity contribution in [1.29, 1.82) is 0 Å². The van der Waals surface area contributed by atoms with Crippen LogP contribution in [0.5, 0.6) is 0 Å². The van der Waals surface area contributed by atoms with Gasteiger partial charge in [-0.2, -0.15) is 0 Å². The van der Waals surface area contributed by atoms with Gasteiger partial charge >= 0.3 is 0 Å². The molecule has 0 rings (SSSR count). The number of nitrogens with two attached hydrogens (primary N) is 1. The van der Waals surface area contributed by atoms with Crippen LogP contribution in [0.15, 0.2) is 0 Å². The summed E-state index contributed by atoms with van der Waals surface area (Å²) >= 11 is 0. The molecule has 0 aromatic rings. The van der Waals surface area contributed by atoms with Crippen LogP contribution in [0.1, 0.15) is 34.1 Å². The summed E-state index contributed by atoms with van der Waals surface area (Å²) in [6, 6.07) is 0. The second-order valence-corrected chi connectivity index (χ2v) is 6.44. The average molecular weight is 205 g/mol. The minimum atomic E-state index is -0.654. The Balaban J connectivity index is 3.70. The molecule has 0 heterocycles. The molecule has 0 amide bonds. The molecule has 0 saturated heterocycles. The van der Waals surface area contributed by atoms with Gasteiger partial charge in [0.15, 0.2) is 0 Å². The Hall–Kier alpha value is 0.110. The van der Waals surface area contributed by atoms with Crippen LogP contribution in [-0.4, -0.2) is 22.3 Å². The highest BCUT2D eigenvalue weighted by Crippen LogP contribution is 2.18. The quantitative estimate of drug-likeness (QED) is 0.718. The molecule has 0 spiro atoms. The molecule has 80 valence electrons. The van der Waals surface area contributed by atoms with Crippen molar-refractivity contribution in [2.24, 2.45) is 17.1 Å². The topological polar surface area (TPSA) is 43.1 Å². The maximum absolute atomic E-state index is 11.5. The molecule has 0 aliphatic heterocycles. The fourth-order valence-electron chi connectivity index (χ4n) is 0.947. The summed E-state index contributed by atoms with van der Waals surface area (Å²) in [5, 5.41) is 0. The lowest BCUT2D eigenvalue weighted by atomic mass is 9.91. The summed E-state index contributed by atoms with van der Waals surface area (Å²) in [6.07, 6.45) is 0.961. The maximum atomic E-state index is 11.5. The Kier molecular flexibility index (Phi) is 5.81. The zero-order valence-electron chi connectivity index (χ0n) is 9.30. The van der Waals surface area contributed by atoms with E-state index in [0.717, 1.165) is 17.9 Å². The maximum Gasteiger partial charge on any atom is 0.0257 e. The predicted octanol–water partition coefficient (Wildman–Crippen LogP) is 1.77. The van der Waals surface area contributed by atoms with Gasteiger partial charge in [-0.25, -0.2) is 0 Å². The van der Waals surface area contributed by atoms with Crippen LogP contribution >= 0.6 is 0 Å². The van der Waals surface area contributed by atoms with Crippen molar-refractivity contribution in [1.82, 2.24) is 0 Å². The molecular formula is C10H23NOS. The van der Waals surface area contributed by atoms with Crippen molar-refractivity contribution in [2.75, 3.05) is 18.1 Å². The Bertz CT molecular complexity index is 166. The fourth-order valence-corrected chi connectivity index (χ4v) is 2.64. The molecule has 1 atom stereocenters. The van der Waals surface area contributed by atoms with Crippen LogP contribution in [0.2, 0.25) is 0 Å². The average Bonchev–Trinajstić information content (AvgIpc) is 2.00. The Labute approximate surface area is 84.7 Å². The largest absolute Gasteiger partial charge is 0.330 e. The SMILES string of the molecule is CC(C)CS(=O)CCC(C)(C)CN. The van der Waals surface area contributed by atoms with Crippen LogP contribution in [0.25, 0.3) is 0 Å². The summed E-state index contributed by atoms with van der Waals surface area (Å²) in [5.74, 6) is 2.14. The molecule has 0 bridgehead atoms. The van der Waals surface area contributed by atoms with Gasteiger partial charge in [0.05, 0.1) is 0 Å². The first kappa shape index (κ1) is 13.1.